The quantitative estimate of drug-likeness (QED) is 0.382. The zero-order chi connectivity index (χ0) is 7.83. The standard InChI is InChI=1S/C9H19N.ClH.Li/c1-8(2)6-5-7-9(3,4)10-8;;/h10H,5-7H2,1-4H3;1H;/q;;+1/p-1. The van der Waals surface area contributed by atoms with Crippen LogP contribution in [0.2, 0.25) is 0 Å². The Kier molecular flexibility index (Phi) is 6.27. The van der Waals surface area contributed by atoms with Gasteiger partial charge in [-0.2, -0.15) is 0 Å². The molecule has 1 aliphatic heterocycles. The zero-order valence-electron chi connectivity index (χ0n) is 9.00. The second kappa shape index (κ2) is 4.91. The molecule has 0 unspecified atom stereocenters. The van der Waals surface area contributed by atoms with Crippen LogP contribution in [0.3, 0.4) is 0 Å². The molecule has 1 nitrogen and oxygen atoms in total. The topological polar surface area (TPSA) is 12.0 Å². The molecule has 0 atom stereocenters. The van der Waals surface area contributed by atoms with Gasteiger partial charge in [-0.25, -0.2) is 0 Å². The summed E-state index contributed by atoms with van der Waals surface area (Å²) in [7, 11) is 0. The van der Waals surface area contributed by atoms with Crippen molar-refractivity contribution in [2.75, 3.05) is 0 Å². The number of rotatable bonds is 0. The monoisotopic (exact) mass is 183 g/mol. The van der Waals surface area contributed by atoms with Crippen molar-refractivity contribution in [2.45, 2.75) is 58.0 Å². The van der Waals surface area contributed by atoms with Gasteiger partial charge in [0.25, 0.3) is 0 Å². The van der Waals surface area contributed by atoms with E-state index in [1.54, 1.807) is 0 Å². The summed E-state index contributed by atoms with van der Waals surface area (Å²) in [5.41, 5.74) is 0.726. The Hall–Kier alpha value is 0.847. The molecule has 0 aromatic carbocycles. The molecule has 0 saturated carbocycles. The van der Waals surface area contributed by atoms with Crippen molar-refractivity contribution >= 4 is 0 Å². The van der Waals surface area contributed by atoms with E-state index in [4.69, 9.17) is 0 Å². The van der Waals surface area contributed by atoms with Crippen molar-refractivity contribution < 1.29 is 31.3 Å². The van der Waals surface area contributed by atoms with Gasteiger partial charge in [-0.1, -0.05) is 0 Å². The fraction of sp³-hybridized carbons (Fsp3) is 1.00. The van der Waals surface area contributed by atoms with Crippen LogP contribution in [-0.2, 0) is 0 Å². The number of hydrogen-bond acceptors (Lipinski definition) is 1. The van der Waals surface area contributed by atoms with Gasteiger partial charge < -0.3 is 17.7 Å². The molecule has 1 N–H and O–H groups in total. The molecule has 3 heteroatoms. The summed E-state index contributed by atoms with van der Waals surface area (Å²) in [5.74, 6) is 0. The second-order valence-electron chi connectivity index (χ2n) is 4.75. The molecule has 0 aromatic heterocycles. The van der Waals surface area contributed by atoms with Crippen molar-refractivity contribution in [3.05, 3.63) is 0 Å². The minimum atomic E-state index is 0. The molecule has 1 fully saturated rings. The number of nitrogens with one attached hydrogen (secondary N) is 1. The van der Waals surface area contributed by atoms with Gasteiger partial charge in [-0.3, -0.25) is 0 Å². The fourth-order valence-corrected chi connectivity index (χ4v) is 2.01. The summed E-state index contributed by atoms with van der Waals surface area (Å²) in [6, 6.07) is 0. The van der Waals surface area contributed by atoms with Gasteiger partial charge in [0.15, 0.2) is 0 Å². The average Bonchev–Trinajstić information content (AvgIpc) is 1.56. The molecule has 0 aromatic rings. The maximum Gasteiger partial charge on any atom is 1.00 e. The molecule has 0 spiro atoms. The summed E-state index contributed by atoms with van der Waals surface area (Å²) in [4.78, 5) is 0. The smallest absolute Gasteiger partial charge is 1.00 e. The molecule has 0 bridgehead atoms. The number of piperidine rings is 1. The van der Waals surface area contributed by atoms with Crippen molar-refractivity contribution in [2.24, 2.45) is 0 Å². The van der Waals surface area contributed by atoms with Gasteiger partial charge >= 0.3 is 18.9 Å². The molecule has 12 heavy (non-hydrogen) atoms. The van der Waals surface area contributed by atoms with Crippen LogP contribution in [0.15, 0.2) is 0 Å². The first-order valence-electron chi connectivity index (χ1n) is 4.21. The Morgan fingerprint density at radius 2 is 1.25 bits per heavy atom. The molecule has 1 rings (SSSR count). The van der Waals surface area contributed by atoms with E-state index in [2.05, 4.69) is 33.0 Å². The SMILES string of the molecule is CC1(C)CCCC(C)(C)N1.[Cl-].[Li+]. The van der Waals surface area contributed by atoms with Crippen LogP contribution < -0.4 is 36.6 Å². The van der Waals surface area contributed by atoms with Crippen LogP contribution in [0.25, 0.3) is 0 Å². The molecule has 1 saturated heterocycles. The normalized spacial score (nSPS) is 25.0. The van der Waals surface area contributed by atoms with Gasteiger partial charge in [0, 0.05) is 11.1 Å². The summed E-state index contributed by atoms with van der Waals surface area (Å²) < 4.78 is 0. The van der Waals surface area contributed by atoms with Crippen LogP contribution in [0, 0.1) is 0 Å². The van der Waals surface area contributed by atoms with Crippen LogP contribution in [0.1, 0.15) is 47.0 Å². The first-order chi connectivity index (χ1) is 4.41. The predicted octanol–water partition coefficient (Wildman–Crippen LogP) is -3.67. The van der Waals surface area contributed by atoms with E-state index in [1.165, 1.54) is 19.3 Å². The minimum Gasteiger partial charge on any atom is -1.00 e. The molecule has 68 valence electrons. The molecular weight excluding hydrogens is 164 g/mol. The van der Waals surface area contributed by atoms with Crippen molar-refractivity contribution in [1.29, 1.82) is 0 Å². The van der Waals surface area contributed by atoms with Crippen LogP contribution in [-0.4, -0.2) is 11.1 Å². The first-order valence-corrected chi connectivity index (χ1v) is 4.21. The number of hydrogen-bond donors (Lipinski definition) is 1. The van der Waals surface area contributed by atoms with E-state index >= 15 is 0 Å². The van der Waals surface area contributed by atoms with E-state index in [-0.39, 0.29) is 31.3 Å². The van der Waals surface area contributed by atoms with Crippen molar-refractivity contribution in [3.8, 4) is 0 Å². The summed E-state index contributed by atoms with van der Waals surface area (Å²) in [5, 5.41) is 3.63. The Morgan fingerprint density at radius 3 is 1.42 bits per heavy atom. The van der Waals surface area contributed by atoms with E-state index in [9.17, 15) is 0 Å². The van der Waals surface area contributed by atoms with E-state index in [0.29, 0.717) is 11.1 Å². The zero-order valence-corrected chi connectivity index (χ0v) is 9.76. The summed E-state index contributed by atoms with van der Waals surface area (Å²) in [6.45, 7) is 9.14. The molecule has 0 aliphatic carbocycles. The molecule has 1 aliphatic rings. The second-order valence-corrected chi connectivity index (χ2v) is 4.75. The Bertz CT molecular complexity index is 120. The maximum absolute atomic E-state index is 3.63. The van der Waals surface area contributed by atoms with Gasteiger partial charge in [0.05, 0.1) is 0 Å². The Labute approximate surface area is 94.7 Å². The van der Waals surface area contributed by atoms with E-state index < -0.39 is 0 Å². The first kappa shape index (κ1) is 15.3. The van der Waals surface area contributed by atoms with Gasteiger partial charge in [-0.15, -0.1) is 0 Å². The third-order valence-corrected chi connectivity index (χ3v) is 2.28. The summed E-state index contributed by atoms with van der Waals surface area (Å²) >= 11 is 0. The Balaban J connectivity index is 0. The number of halogens is 1. The molecule has 0 amide bonds. The van der Waals surface area contributed by atoms with Crippen LogP contribution in [0.5, 0.6) is 0 Å². The van der Waals surface area contributed by atoms with Crippen LogP contribution >= 0.6 is 0 Å². The van der Waals surface area contributed by atoms with Crippen molar-refractivity contribution in [1.82, 2.24) is 5.32 Å². The van der Waals surface area contributed by atoms with E-state index in [0.717, 1.165) is 0 Å². The molecule has 0 radical (unpaired) electrons. The average molecular weight is 184 g/mol. The Morgan fingerprint density at radius 1 is 0.917 bits per heavy atom. The van der Waals surface area contributed by atoms with Crippen LogP contribution in [0.4, 0.5) is 0 Å². The van der Waals surface area contributed by atoms with Gasteiger partial charge in [-0.05, 0) is 47.0 Å². The molecule has 1 heterocycles. The predicted molar refractivity (Wildman–Crippen MR) is 45.1 cm³/mol. The van der Waals surface area contributed by atoms with Gasteiger partial charge in [0.1, 0.15) is 0 Å². The molecular formula is C9H19ClLiN. The largest absolute Gasteiger partial charge is 1.00 e. The summed E-state index contributed by atoms with van der Waals surface area (Å²) in [6.07, 6.45) is 4.00. The third kappa shape index (κ3) is 4.77. The third-order valence-electron chi connectivity index (χ3n) is 2.28. The maximum atomic E-state index is 3.63. The minimum absolute atomic E-state index is 0. The van der Waals surface area contributed by atoms with Crippen molar-refractivity contribution in [3.63, 3.8) is 0 Å². The van der Waals surface area contributed by atoms with Gasteiger partial charge in [0.2, 0.25) is 0 Å². The van der Waals surface area contributed by atoms with E-state index in [1.807, 2.05) is 0 Å². The fourth-order valence-electron chi connectivity index (χ4n) is 2.01.